The second-order valence-corrected chi connectivity index (χ2v) is 9.83. The van der Waals surface area contributed by atoms with E-state index in [-0.39, 0.29) is 11.9 Å². The van der Waals surface area contributed by atoms with Crippen LogP contribution in [0.4, 0.5) is 28.9 Å². The number of fused-ring (bicyclic) bond motifs is 2. The minimum Gasteiger partial charge on any atom is -0.493 e. The van der Waals surface area contributed by atoms with Crippen LogP contribution in [0.3, 0.4) is 0 Å². The Hall–Kier alpha value is -3.98. The van der Waals surface area contributed by atoms with Gasteiger partial charge >= 0.3 is 6.18 Å². The minimum absolute atomic E-state index is 0.242. The fourth-order valence-electron chi connectivity index (χ4n) is 5.44. The van der Waals surface area contributed by atoms with E-state index in [9.17, 15) is 17.6 Å². The third kappa shape index (κ3) is 4.94. The highest BCUT2D eigenvalue weighted by molar-refractivity contribution is 5.92. The monoisotopic (exact) mass is 537 g/mol. The van der Waals surface area contributed by atoms with E-state index in [0.717, 1.165) is 47.3 Å². The van der Waals surface area contributed by atoms with Crippen molar-refractivity contribution >= 4 is 27.9 Å². The first-order chi connectivity index (χ1) is 18.8. The zero-order valence-electron chi connectivity index (χ0n) is 21.3. The van der Waals surface area contributed by atoms with Gasteiger partial charge in [0.1, 0.15) is 11.9 Å². The summed E-state index contributed by atoms with van der Waals surface area (Å²) >= 11 is 0. The van der Waals surface area contributed by atoms with Crippen molar-refractivity contribution in [2.45, 2.75) is 18.7 Å². The van der Waals surface area contributed by atoms with Crippen molar-refractivity contribution in [3.63, 3.8) is 0 Å². The van der Waals surface area contributed by atoms with Crippen LogP contribution in [-0.2, 0) is 6.18 Å². The molecule has 0 fully saturated rings. The summed E-state index contributed by atoms with van der Waals surface area (Å²) in [6.45, 7) is 2.60. The molecule has 1 N–H and O–H groups in total. The van der Waals surface area contributed by atoms with E-state index in [2.05, 4.69) is 16.0 Å². The molecule has 0 radical (unpaired) electrons. The molecular weight excluding hydrogens is 510 g/mol. The minimum atomic E-state index is -4.39. The molecule has 9 heteroatoms. The number of nitrogens with zero attached hydrogens (tertiary/aromatic N) is 2. The summed E-state index contributed by atoms with van der Waals surface area (Å²) in [5, 5.41) is 0.876. The van der Waals surface area contributed by atoms with Crippen LogP contribution < -0.4 is 14.4 Å². The van der Waals surface area contributed by atoms with Gasteiger partial charge in [0.05, 0.1) is 24.9 Å². The Bertz CT molecular complexity index is 1530. The first kappa shape index (κ1) is 25.3. The number of methoxy groups -OCH3 is 1. The molecule has 0 bridgehead atoms. The van der Waals surface area contributed by atoms with Crippen LogP contribution >= 0.6 is 0 Å². The van der Waals surface area contributed by atoms with Gasteiger partial charge < -0.3 is 19.4 Å². The van der Waals surface area contributed by atoms with E-state index >= 15 is 0 Å². The molecule has 5 nitrogen and oxygen atoms in total. The maximum atomic E-state index is 13.9. The molecule has 0 saturated heterocycles. The van der Waals surface area contributed by atoms with Gasteiger partial charge in [-0.3, -0.25) is 4.90 Å². The Labute approximate surface area is 223 Å². The molecule has 1 aromatic heterocycles. The molecule has 3 aromatic carbocycles. The van der Waals surface area contributed by atoms with Crippen molar-refractivity contribution in [1.29, 1.82) is 0 Å². The van der Waals surface area contributed by atoms with Gasteiger partial charge in [-0.2, -0.15) is 13.2 Å². The zero-order chi connectivity index (χ0) is 27.1. The van der Waals surface area contributed by atoms with E-state index in [4.69, 9.17) is 9.47 Å². The van der Waals surface area contributed by atoms with E-state index in [1.54, 1.807) is 19.2 Å². The lowest BCUT2D eigenvalue weighted by molar-refractivity contribution is -0.137. The van der Waals surface area contributed by atoms with Gasteiger partial charge in [0.25, 0.3) is 0 Å². The number of rotatable bonds is 5. The lowest BCUT2D eigenvalue weighted by atomic mass is 9.98. The van der Waals surface area contributed by atoms with Crippen molar-refractivity contribution in [1.82, 2.24) is 9.88 Å². The van der Waals surface area contributed by atoms with Crippen molar-refractivity contribution in [2.75, 3.05) is 38.2 Å². The molecule has 3 heterocycles. The second kappa shape index (κ2) is 9.96. The number of anilines is 2. The molecule has 39 heavy (non-hydrogen) atoms. The maximum absolute atomic E-state index is 13.9. The maximum Gasteiger partial charge on any atom is 0.416 e. The van der Waals surface area contributed by atoms with Crippen LogP contribution in [0.5, 0.6) is 11.5 Å². The predicted octanol–water partition coefficient (Wildman–Crippen LogP) is 7.02. The highest BCUT2D eigenvalue weighted by atomic mass is 19.4. The van der Waals surface area contributed by atoms with Gasteiger partial charge in [-0.05, 0) is 66.6 Å². The molecule has 0 spiro atoms. The molecule has 1 unspecified atom stereocenters. The molecule has 0 aliphatic carbocycles. The smallest absolute Gasteiger partial charge is 0.416 e. The third-order valence-corrected chi connectivity index (χ3v) is 7.39. The number of ether oxygens (including phenoxy) is 2. The summed E-state index contributed by atoms with van der Waals surface area (Å²) in [5.74, 6) is 0.885. The van der Waals surface area contributed by atoms with E-state index in [1.807, 2.05) is 29.3 Å². The molecular formula is C30H27F4N3O2. The van der Waals surface area contributed by atoms with Crippen LogP contribution in [-0.4, -0.2) is 49.3 Å². The molecule has 202 valence electrons. The summed E-state index contributed by atoms with van der Waals surface area (Å²) in [6.07, 6.45) is 0.268. The zero-order valence-corrected chi connectivity index (χ0v) is 21.3. The van der Waals surface area contributed by atoms with Crippen LogP contribution in [0.25, 0.3) is 16.5 Å². The third-order valence-electron chi connectivity index (χ3n) is 7.39. The molecule has 0 saturated carbocycles. The van der Waals surface area contributed by atoms with E-state index in [0.29, 0.717) is 36.8 Å². The van der Waals surface area contributed by atoms with Gasteiger partial charge in [-0.15, -0.1) is 0 Å². The van der Waals surface area contributed by atoms with Gasteiger partial charge in [0.2, 0.25) is 0 Å². The van der Waals surface area contributed by atoms with Crippen molar-refractivity contribution in [2.24, 2.45) is 0 Å². The predicted molar refractivity (Wildman–Crippen MR) is 143 cm³/mol. The number of halogens is 4. The first-order valence-electron chi connectivity index (χ1n) is 12.8. The molecule has 4 aromatic rings. The van der Waals surface area contributed by atoms with Crippen LogP contribution in [0, 0.1) is 5.82 Å². The van der Waals surface area contributed by atoms with E-state index < -0.39 is 11.7 Å². The molecule has 0 amide bonds. The molecule has 2 aliphatic heterocycles. The summed E-state index contributed by atoms with van der Waals surface area (Å²) in [4.78, 5) is 7.49. The number of H-pyrrole nitrogens is 1. The number of alkyl halides is 3. The highest BCUT2D eigenvalue weighted by Crippen LogP contribution is 2.44. The quantitative estimate of drug-likeness (QED) is 0.278. The van der Waals surface area contributed by atoms with Crippen LogP contribution in [0.1, 0.15) is 17.5 Å². The number of hydrogen-bond acceptors (Lipinski definition) is 4. The van der Waals surface area contributed by atoms with Crippen LogP contribution in [0.15, 0.2) is 72.9 Å². The van der Waals surface area contributed by atoms with Gasteiger partial charge in [-0.1, -0.05) is 12.1 Å². The lowest BCUT2D eigenvalue weighted by Crippen LogP contribution is -2.46. The SMILES string of the molecule is COc1cccc2c1OC(CN1CC=C(c3c[nH]c4ccc(F)cc34)CC1)CN2c1ccc(C(F)(F)F)cc1. The number of aromatic amines is 1. The van der Waals surface area contributed by atoms with Gasteiger partial charge in [0.15, 0.2) is 11.5 Å². The molecule has 1 atom stereocenters. The van der Waals surface area contributed by atoms with Crippen molar-refractivity contribution in [3.05, 3.63) is 89.9 Å². The van der Waals surface area contributed by atoms with Crippen molar-refractivity contribution in [3.8, 4) is 11.5 Å². The van der Waals surface area contributed by atoms with Crippen molar-refractivity contribution < 1.29 is 27.0 Å². The van der Waals surface area contributed by atoms with Gasteiger partial charge in [-0.25, -0.2) is 4.39 Å². The number of aromatic nitrogens is 1. The lowest BCUT2D eigenvalue weighted by Gasteiger charge is -2.39. The number of nitrogens with one attached hydrogen (secondary N) is 1. The molecule has 6 rings (SSSR count). The standard InChI is InChI=1S/C30H27F4N3O2/c1-38-28-4-2-3-27-29(28)39-23(18-37(27)22-8-5-20(6-9-22)30(32,33)34)17-36-13-11-19(12-14-36)25-16-35-26-10-7-21(31)15-24(25)26/h2-11,15-16,23,35H,12-14,17-18H2,1H3. The number of hydrogen-bond donors (Lipinski definition) is 1. The number of para-hydroxylation sites is 1. The summed E-state index contributed by atoms with van der Waals surface area (Å²) in [5.41, 5.74) is 3.81. The van der Waals surface area contributed by atoms with Crippen LogP contribution in [0.2, 0.25) is 0 Å². The number of benzene rings is 3. The first-order valence-corrected chi connectivity index (χ1v) is 12.8. The largest absolute Gasteiger partial charge is 0.493 e. The fourth-order valence-corrected chi connectivity index (χ4v) is 5.44. The normalized spacial score (nSPS) is 18.0. The Morgan fingerprint density at radius 1 is 1.08 bits per heavy atom. The Balaban J connectivity index is 1.22. The topological polar surface area (TPSA) is 40.7 Å². The highest BCUT2D eigenvalue weighted by Gasteiger charge is 2.33. The fraction of sp³-hybridized carbons (Fsp3) is 0.267. The average molecular weight is 538 g/mol. The Kier molecular flexibility index (Phi) is 6.46. The summed E-state index contributed by atoms with van der Waals surface area (Å²) in [7, 11) is 1.57. The Morgan fingerprint density at radius 3 is 2.62 bits per heavy atom. The van der Waals surface area contributed by atoms with Gasteiger partial charge in [0, 0.05) is 48.0 Å². The molecule has 2 aliphatic rings. The average Bonchev–Trinajstić information content (AvgIpc) is 3.35. The summed E-state index contributed by atoms with van der Waals surface area (Å²) in [6, 6.07) is 15.5. The summed E-state index contributed by atoms with van der Waals surface area (Å²) < 4.78 is 65.3. The Morgan fingerprint density at radius 2 is 1.90 bits per heavy atom. The second-order valence-electron chi connectivity index (χ2n) is 9.83. The van der Waals surface area contributed by atoms with E-state index in [1.165, 1.54) is 23.8 Å².